The van der Waals surface area contributed by atoms with Crippen LogP contribution in [-0.2, 0) is 0 Å². The topological polar surface area (TPSA) is 26.0 Å². The lowest BCUT2D eigenvalue weighted by Gasteiger charge is -2.57. The summed E-state index contributed by atoms with van der Waals surface area (Å²) < 4.78 is 5.92. The van der Waals surface area contributed by atoms with Crippen LogP contribution in [0.5, 0.6) is 0 Å². The van der Waals surface area contributed by atoms with Crippen molar-refractivity contribution in [2.24, 2.45) is 28.6 Å². The lowest BCUT2D eigenvalue weighted by molar-refractivity contribution is -0.0102. The Bertz CT molecular complexity index is 997. The Morgan fingerprint density at radius 3 is 2.79 bits per heavy atom. The van der Waals surface area contributed by atoms with Gasteiger partial charge in [-0.15, -0.1) is 0 Å². The number of hydrogen-bond acceptors (Lipinski definition) is 2. The fraction of sp³-hybridized carbons (Fsp3) is 0.577. The van der Waals surface area contributed by atoms with Crippen molar-refractivity contribution in [3.63, 3.8) is 0 Å². The predicted molar refractivity (Wildman–Crippen MR) is 114 cm³/mol. The molecule has 0 amide bonds. The zero-order valence-corrected chi connectivity index (χ0v) is 17.2. The summed E-state index contributed by atoms with van der Waals surface area (Å²) in [5.74, 6) is 3.50. The summed E-state index contributed by atoms with van der Waals surface area (Å²) in [7, 11) is 0. The van der Waals surface area contributed by atoms with Crippen LogP contribution in [0.1, 0.15) is 71.0 Å². The Morgan fingerprint density at radius 2 is 1.86 bits per heavy atom. The molecule has 1 aromatic carbocycles. The van der Waals surface area contributed by atoms with Crippen LogP contribution in [0.3, 0.4) is 0 Å². The molecule has 0 aliphatic heterocycles. The van der Waals surface area contributed by atoms with Gasteiger partial charge in [-0.1, -0.05) is 55.3 Å². The van der Waals surface area contributed by atoms with E-state index in [0.717, 1.165) is 29.0 Å². The normalized spacial score (nSPS) is 39.7. The third-order valence-electron chi connectivity index (χ3n) is 9.23. The minimum atomic E-state index is 0.236. The molecule has 2 aromatic rings. The molecule has 0 spiro atoms. The van der Waals surface area contributed by atoms with Crippen LogP contribution in [-0.4, -0.2) is 5.16 Å². The van der Waals surface area contributed by atoms with E-state index >= 15 is 0 Å². The SMILES string of the molecule is CC12CCCCC1=CCC1C2CCC2(C)C(c3onc4ccccc34)=CCC12. The van der Waals surface area contributed by atoms with Crippen LogP contribution in [0.25, 0.3) is 16.5 Å². The lowest BCUT2D eigenvalue weighted by atomic mass is 9.47. The predicted octanol–water partition coefficient (Wildman–Crippen LogP) is 7.17. The van der Waals surface area contributed by atoms with Gasteiger partial charge in [0.05, 0.1) is 0 Å². The van der Waals surface area contributed by atoms with Gasteiger partial charge >= 0.3 is 0 Å². The monoisotopic (exact) mass is 373 g/mol. The van der Waals surface area contributed by atoms with Crippen LogP contribution in [0.2, 0.25) is 0 Å². The Morgan fingerprint density at radius 1 is 0.964 bits per heavy atom. The molecular formula is C26H31NO. The van der Waals surface area contributed by atoms with Crippen molar-refractivity contribution in [2.45, 2.75) is 65.2 Å². The number of rotatable bonds is 1. The van der Waals surface area contributed by atoms with E-state index in [4.69, 9.17) is 4.52 Å². The largest absolute Gasteiger partial charge is 0.355 e. The Hall–Kier alpha value is -1.83. The van der Waals surface area contributed by atoms with E-state index in [-0.39, 0.29) is 5.41 Å². The number of aromatic nitrogens is 1. The molecule has 146 valence electrons. The minimum absolute atomic E-state index is 0.236. The van der Waals surface area contributed by atoms with E-state index in [1.165, 1.54) is 62.3 Å². The van der Waals surface area contributed by atoms with Gasteiger partial charge in [0, 0.05) is 11.0 Å². The number of benzene rings is 1. The second kappa shape index (κ2) is 5.84. The summed E-state index contributed by atoms with van der Waals surface area (Å²) in [6.45, 7) is 5.12. The fourth-order valence-corrected chi connectivity index (χ4v) is 7.70. The molecule has 0 saturated heterocycles. The van der Waals surface area contributed by atoms with Crippen molar-refractivity contribution < 1.29 is 4.52 Å². The summed E-state index contributed by atoms with van der Waals surface area (Å²) in [6.07, 6.45) is 15.9. The highest BCUT2D eigenvalue weighted by Gasteiger charge is 2.56. The third-order valence-corrected chi connectivity index (χ3v) is 9.23. The summed E-state index contributed by atoms with van der Waals surface area (Å²) in [4.78, 5) is 0. The molecular weight excluding hydrogens is 342 g/mol. The first-order chi connectivity index (χ1) is 13.6. The van der Waals surface area contributed by atoms with E-state index in [2.05, 4.69) is 49.4 Å². The maximum Gasteiger partial charge on any atom is 0.170 e. The van der Waals surface area contributed by atoms with E-state index in [1.807, 2.05) is 6.07 Å². The fourth-order valence-electron chi connectivity index (χ4n) is 7.70. The molecule has 0 radical (unpaired) electrons. The zero-order valence-electron chi connectivity index (χ0n) is 17.2. The average Bonchev–Trinajstić information content (AvgIpc) is 3.28. The number of fused-ring (bicyclic) bond motifs is 6. The lowest BCUT2D eigenvalue weighted by Crippen LogP contribution is -2.48. The highest BCUT2D eigenvalue weighted by Crippen LogP contribution is 2.66. The van der Waals surface area contributed by atoms with Gasteiger partial charge < -0.3 is 4.52 Å². The van der Waals surface area contributed by atoms with Crippen molar-refractivity contribution in [2.75, 3.05) is 0 Å². The maximum absolute atomic E-state index is 5.92. The van der Waals surface area contributed by atoms with E-state index in [9.17, 15) is 0 Å². The van der Waals surface area contributed by atoms with Crippen LogP contribution >= 0.6 is 0 Å². The van der Waals surface area contributed by atoms with Gasteiger partial charge in [0.2, 0.25) is 0 Å². The molecule has 4 aliphatic rings. The average molecular weight is 374 g/mol. The highest BCUT2D eigenvalue weighted by atomic mass is 16.5. The van der Waals surface area contributed by atoms with Crippen molar-refractivity contribution in [3.05, 3.63) is 47.8 Å². The van der Waals surface area contributed by atoms with E-state index in [1.54, 1.807) is 5.57 Å². The standard InChI is InChI=1S/C26H31NO/c1-25-15-6-5-7-17(25)10-11-18-20-12-13-22(26(20,2)16-14-21(18)25)24-19-8-3-4-9-23(19)27-28-24/h3-4,8-10,13,18,20-21H,5-7,11-12,14-16H2,1-2H3. The summed E-state index contributed by atoms with van der Waals surface area (Å²) >= 11 is 0. The maximum atomic E-state index is 5.92. The molecule has 2 nitrogen and oxygen atoms in total. The zero-order chi connectivity index (χ0) is 18.9. The van der Waals surface area contributed by atoms with Crippen LogP contribution in [0.4, 0.5) is 0 Å². The summed E-state index contributed by atoms with van der Waals surface area (Å²) in [6, 6.07) is 8.38. The molecule has 5 atom stereocenters. The van der Waals surface area contributed by atoms with Gasteiger partial charge in [-0.2, -0.15) is 0 Å². The second-order valence-corrected chi connectivity index (χ2v) is 10.3. The molecule has 2 heteroatoms. The van der Waals surface area contributed by atoms with Crippen molar-refractivity contribution >= 4 is 16.5 Å². The first-order valence-corrected chi connectivity index (χ1v) is 11.4. The number of nitrogens with zero attached hydrogens (tertiary/aromatic N) is 1. The van der Waals surface area contributed by atoms with Gasteiger partial charge in [-0.25, -0.2) is 0 Å². The number of allylic oxidation sites excluding steroid dienone is 4. The highest BCUT2D eigenvalue weighted by molar-refractivity contribution is 5.91. The Labute approximate surface area is 168 Å². The van der Waals surface area contributed by atoms with Gasteiger partial charge in [0.1, 0.15) is 5.52 Å². The first kappa shape index (κ1) is 17.1. The first-order valence-electron chi connectivity index (χ1n) is 11.4. The van der Waals surface area contributed by atoms with Gasteiger partial charge in [0.25, 0.3) is 0 Å². The summed E-state index contributed by atoms with van der Waals surface area (Å²) in [5.41, 5.74) is 4.94. The third kappa shape index (κ3) is 2.12. The molecule has 1 aromatic heterocycles. The molecule has 0 N–H and O–H groups in total. The molecule has 2 saturated carbocycles. The quantitative estimate of drug-likeness (QED) is 0.495. The Balaban J connectivity index is 1.38. The summed E-state index contributed by atoms with van der Waals surface area (Å²) in [5, 5.41) is 5.54. The molecule has 5 unspecified atom stereocenters. The second-order valence-electron chi connectivity index (χ2n) is 10.3. The molecule has 0 bridgehead atoms. The van der Waals surface area contributed by atoms with Gasteiger partial charge in [0.15, 0.2) is 5.76 Å². The number of hydrogen-bond donors (Lipinski definition) is 0. The molecule has 6 rings (SSSR count). The van der Waals surface area contributed by atoms with Crippen molar-refractivity contribution in [1.29, 1.82) is 0 Å². The van der Waals surface area contributed by atoms with E-state index < -0.39 is 0 Å². The molecule has 1 heterocycles. The van der Waals surface area contributed by atoms with Crippen LogP contribution in [0.15, 0.2) is 46.5 Å². The molecule has 2 fully saturated rings. The van der Waals surface area contributed by atoms with Gasteiger partial charge in [-0.3, -0.25) is 0 Å². The molecule has 28 heavy (non-hydrogen) atoms. The van der Waals surface area contributed by atoms with Crippen molar-refractivity contribution in [1.82, 2.24) is 5.16 Å². The van der Waals surface area contributed by atoms with Gasteiger partial charge in [-0.05, 0) is 85.7 Å². The van der Waals surface area contributed by atoms with Crippen molar-refractivity contribution in [3.8, 4) is 0 Å². The van der Waals surface area contributed by atoms with Crippen LogP contribution < -0.4 is 0 Å². The smallest absolute Gasteiger partial charge is 0.170 e. The van der Waals surface area contributed by atoms with E-state index in [0.29, 0.717) is 5.41 Å². The molecule has 4 aliphatic carbocycles. The van der Waals surface area contributed by atoms with Crippen LogP contribution in [0, 0.1) is 28.6 Å². The Kier molecular flexibility index (Phi) is 3.56. The minimum Gasteiger partial charge on any atom is -0.355 e.